The van der Waals surface area contributed by atoms with Crippen LogP contribution in [0.4, 0.5) is 5.69 Å². The van der Waals surface area contributed by atoms with Gasteiger partial charge in [-0.15, -0.1) is 11.3 Å². The third kappa shape index (κ3) is 3.64. The first kappa shape index (κ1) is 15.4. The highest BCUT2D eigenvalue weighted by molar-refractivity contribution is 7.19. The van der Waals surface area contributed by atoms with Crippen LogP contribution in [-0.2, 0) is 4.79 Å². The molecule has 23 heavy (non-hydrogen) atoms. The van der Waals surface area contributed by atoms with E-state index in [1.807, 2.05) is 36.4 Å². The predicted molar refractivity (Wildman–Crippen MR) is 94.4 cm³/mol. The molecule has 0 fully saturated rings. The van der Waals surface area contributed by atoms with Gasteiger partial charge in [0.25, 0.3) is 0 Å². The van der Waals surface area contributed by atoms with Gasteiger partial charge in [0.15, 0.2) is 0 Å². The van der Waals surface area contributed by atoms with Gasteiger partial charge in [0.05, 0.1) is 16.3 Å². The van der Waals surface area contributed by atoms with Crippen LogP contribution in [0, 0.1) is 0 Å². The number of aromatic nitrogens is 1. The van der Waals surface area contributed by atoms with Crippen LogP contribution >= 0.6 is 11.3 Å². The number of para-hydroxylation sites is 2. The molecular formula is C18H16N2O2S. The molecule has 116 valence electrons. The molecule has 0 saturated carbocycles. The lowest BCUT2D eigenvalue weighted by Crippen LogP contribution is -2.10. The minimum absolute atomic E-state index is 0.252. The molecule has 0 radical (unpaired) electrons. The van der Waals surface area contributed by atoms with Gasteiger partial charge in [0.1, 0.15) is 5.01 Å². The topological polar surface area (TPSA) is 62.2 Å². The van der Waals surface area contributed by atoms with Crippen LogP contribution in [-0.4, -0.2) is 16.0 Å². The van der Waals surface area contributed by atoms with Crippen LogP contribution in [0.2, 0.25) is 0 Å². The Morgan fingerprint density at radius 3 is 2.74 bits per heavy atom. The Bertz CT molecular complexity index is 835. The van der Waals surface area contributed by atoms with Crippen molar-refractivity contribution in [2.45, 2.75) is 13.0 Å². The molecule has 4 nitrogen and oxygen atoms in total. The maximum Gasteiger partial charge on any atom is 0.248 e. The largest absolute Gasteiger partial charge is 0.389 e. The number of carbonyl (C=O) groups is 1. The van der Waals surface area contributed by atoms with Crippen molar-refractivity contribution in [3.63, 3.8) is 0 Å². The standard InChI is InChI=1S/C18H16N2O2S/c1-12(21)13-6-2-3-7-14(13)19-17(22)10-11-18-20-15-8-4-5-9-16(15)23-18/h2-12,21H,1H3,(H,19,22)/b11-10+. The third-order valence-corrected chi connectivity index (χ3v) is 4.36. The fraction of sp³-hybridized carbons (Fsp3) is 0.111. The summed E-state index contributed by atoms with van der Waals surface area (Å²) >= 11 is 1.54. The maximum atomic E-state index is 12.1. The third-order valence-electron chi connectivity index (χ3n) is 3.36. The van der Waals surface area contributed by atoms with E-state index in [-0.39, 0.29) is 5.91 Å². The summed E-state index contributed by atoms with van der Waals surface area (Å²) in [6.45, 7) is 1.67. The number of carbonyl (C=O) groups excluding carboxylic acids is 1. The fourth-order valence-corrected chi connectivity index (χ4v) is 3.13. The minimum Gasteiger partial charge on any atom is -0.389 e. The van der Waals surface area contributed by atoms with Crippen LogP contribution in [0.15, 0.2) is 54.6 Å². The lowest BCUT2D eigenvalue weighted by atomic mass is 10.1. The van der Waals surface area contributed by atoms with E-state index >= 15 is 0 Å². The highest BCUT2D eigenvalue weighted by Gasteiger charge is 2.08. The van der Waals surface area contributed by atoms with E-state index in [0.717, 1.165) is 15.2 Å². The molecule has 1 atom stereocenters. The summed E-state index contributed by atoms with van der Waals surface area (Å²) in [6.07, 6.45) is 2.52. The molecule has 1 heterocycles. The first-order valence-corrected chi connectivity index (χ1v) is 8.07. The van der Waals surface area contributed by atoms with Crippen molar-refractivity contribution in [2.24, 2.45) is 0 Å². The van der Waals surface area contributed by atoms with Crippen LogP contribution in [0.25, 0.3) is 16.3 Å². The fourth-order valence-electron chi connectivity index (χ4n) is 2.26. The molecule has 1 aromatic heterocycles. The highest BCUT2D eigenvalue weighted by atomic mass is 32.1. The molecule has 3 rings (SSSR count). The zero-order valence-electron chi connectivity index (χ0n) is 12.6. The number of nitrogens with one attached hydrogen (secondary N) is 1. The van der Waals surface area contributed by atoms with Gasteiger partial charge in [-0.1, -0.05) is 30.3 Å². The van der Waals surface area contributed by atoms with E-state index in [1.54, 1.807) is 25.1 Å². The first-order valence-electron chi connectivity index (χ1n) is 7.25. The number of aliphatic hydroxyl groups is 1. The Balaban J connectivity index is 1.74. The second kappa shape index (κ2) is 6.73. The zero-order valence-corrected chi connectivity index (χ0v) is 13.4. The molecule has 2 N–H and O–H groups in total. The second-order valence-electron chi connectivity index (χ2n) is 5.11. The van der Waals surface area contributed by atoms with Crippen molar-refractivity contribution in [1.82, 2.24) is 4.98 Å². The Morgan fingerprint density at radius 1 is 1.22 bits per heavy atom. The summed E-state index contributed by atoms with van der Waals surface area (Å²) in [6, 6.07) is 15.1. The molecule has 0 spiro atoms. The lowest BCUT2D eigenvalue weighted by Gasteiger charge is -2.11. The smallest absolute Gasteiger partial charge is 0.248 e. The Hall–Kier alpha value is -2.50. The van der Waals surface area contributed by atoms with E-state index in [0.29, 0.717) is 11.3 Å². The number of amides is 1. The highest BCUT2D eigenvalue weighted by Crippen LogP contribution is 2.23. The Labute approximate surface area is 138 Å². The summed E-state index contributed by atoms with van der Waals surface area (Å²) in [4.78, 5) is 16.5. The summed E-state index contributed by atoms with van der Waals surface area (Å²) in [5.41, 5.74) is 2.23. The molecule has 0 aliphatic carbocycles. The molecular weight excluding hydrogens is 308 g/mol. The minimum atomic E-state index is -0.639. The summed E-state index contributed by atoms with van der Waals surface area (Å²) in [5.74, 6) is -0.252. The van der Waals surface area contributed by atoms with Crippen LogP contribution < -0.4 is 5.32 Å². The number of rotatable bonds is 4. The average Bonchev–Trinajstić information content (AvgIpc) is 2.96. The predicted octanol–water partition coefficient (Wildman–Crippen LogP) is 4.00. The van der Waals surface area contributed by atoms with E-state index < -0.39 is 6.10 Å². The van der Waals surface area contributed by atoms with E-state index in [9.17, 15) is 9.90 Å². The van der Waals surface area contributed by atoms with Crippen LogP contribution in [0.1, 0.15) is 23.6 Å². The van der Waals surface area contributed by atoms with Crippen molar-refractivity contribution in [2.75, 3.05) is 5.32 Å². The number of anilines is 1. The molecule has 5 heteroatoms. The quantitative estimate of drug-likeness (QED) is 0.713. The van der Waals surface area contributed by atoms with Gasteiger partial charge >= 0.3 is 0 Å². The summed E-state index contributed by atoms with van der Waals surface area (Å²) in [7, 11) is 0. The van der Waals surface area contributed by atoms with Gasteiger partial charge < -0.3 is 10.4 Å². The van der Waals surface area contributed by atoms with Crippen LogP contribution in [0.3, 0.4) is 0 Å². The summed E-state index contributed by atoms with van der Waals surface area (Å²) < 4.78 is 1.09. The maximum absolute atomic E-state index is 12.1. The number of aliphatic hydroxyl groups excluding tert-OH is 1. The average molecular weight is 324 g/mol. The number of thiazole rings is 1. The van der Waals surface area contributed by atoms with Gasteiger partial charge in [0, 0.05) is 17.3 Å². The van der Waals surface area contributed by atoms with Gasteiger partial charge in [-0.2, -0.15) is 0 Å². The number of benzene rings is 2. The van der Waals surface area contributed by atoms with Gasteiger partial charge in [-0.3, -0.25) is 4.79 Å². The Morgan fingerprint density at radius 2 is 1.96 bits per heavy atom. The first-order chi connectivity index (χ1) is 11.1. The van der Waals surface area contributed by atoms with Crippen molar-refractivity contribution in [3.05, 3.63) is 65.2 Å². The Kier molecular flexibility index (Phi) is 4.50. The zero-order chi connectivity index (χ0) is 16.2. The summed E-state index contributed by atoms with van der Waals surface area (Å²) in [5, 5.41) is 13.3. The number of fused-ring (bicyclic) bond motifs is 1. The lowest BCUT2D eigenvalue weighted by molar-refractivity contribution is -0.111. The molecule has 0 aliphatic heterocycles. The molecule has 1 unspecified atom stereocenters. The van der Waals surface area contributed by atoms with Crippen molar-refractivity contribution in [3.8, 4) is 0 Å². The van der Waals surface area contributed by atoms with Gasteiger partial charge in [-0.05, 0) is 31.2 Å². The van der Waals surface area contributed by atoms with Gasteiger partial charge in [-0.25, -0.2) is 4.98 Å². The normalized spacial score (nSPS) is 12.6. The molecule has 2 aromatic carbocycles. The monoisotopic (exact) mass is 324 g/mol. The molecule has 0 aliphatic rings. The van der Waals surface area contributed by atoms with Crippen LogP contribution in [0.5, 0.6) is 0 Å². The molecule has 3 aromatic rings. The molecule has 0 bridgehead atoms. The number of hydrogen-bond donors (Lipinski definition) is 2. The van der Waals surface area contributed by atoms with Gasteiger partial charge in [0.2, 0.25) is 5.91 Å². The number of hydrogen-bond acceptors (Lipinski definition) is 4. The van der Waals surface area contributed by atoms with E-state index in [4.69, 9.17) is 0 Å². The van der Waals surface area contributed by atoms with E-state index in [1.165, 1.54) is 17.4 Å². The second-order valence-corrected chi connectivity index (χ2v) is 6.17. The SMILES string of the molecule is CC(O)c1ccccc1NC(=O)/C=C/c1nc2ccccc2s1. The molecule has 0 saturated heterocycles. The van der Waals surface area contributed by atoms with E-state index in [2.05, 4.69) is 10.3 Å². The van der Waals surface area contributed by atoms with Crippen molar-refractivity contribution >= 4 is 39.2 Å². The van der Waals surface area contributed by atoms with Crippen molar-refractivity contribution in [1.29, 1.82) is 0 Å². The number of nitrogens with zero attached hydrogens (tertiary/aromatic N) is 1. The van der Waals surface area contributed by atoms with Crippen molar-refractivity contribution < 1.29 is 9.90 Å². The molecule has 1 amide bonds.